The average Bonchev–Trinajstić information content (AvgIpc) is 2.97. The first-order valence-corrected chi connectivity index (χ1v) is 13.0. The summed E-state index contributed by atoms with van der Waals surface area (Å²) in [6, 6.07) is -1.30. The van der Waals surface area contributed by atoms with Gasteiger partial charge < -0.3 is 60.3 Å². The molecule has 6 amide bonds. The van der Waals surface area contributed by atoms with E-state index in [1.807, 2.05) is 0 Å². The van der Waals surface area contributed by atoms with Crippen LogP contribution in [0.5, 0.6) is 0 Å². The topological polar surface area (TPSA) is 230 Å². The molecular weight excluding hydrogens is 564 g/mol. The SMILES string of the molecule is CNC(=O)COCC(COCC(=O)NC)NC(=O)COCCOCC(=O)NC(COCC(=O)NC)COCC(=O)NC. The molecular formula is C24H44N6O12. The first-order valence-electron chi connectivity index (χ1n) is 13.0. The number of carbonyl (C=O) groups is 6. The number of rotatable bonds is 25. The van der Waals surface area contributed by atoms with Crippen LogP contribution in [0.4, 0.5) is 0 Å². The molecule has 0 aliphatic rings. The molecule has 0 aliphatic heterocycles. The largest absolute Gasteiger partial charge is 0.369 e. The molecule has 0 fully saturated rings. The molecule has 0 saturated carbocycles. The van der Waals surface area contributed by atoms with Gasteiger partial charge in [0.05, 0.1) is 51.7 Å². The number of carbonyl (C=O) groups excluding carboxylic acids is 6. The van der Waals surface area contributed by atoms with Crippen LogP contribution < -0.4 is 31.9 Å². The van der Waals surface area contributed by atoms with E-state index < -0.39 is 23.9 Å². The Hall–Kier alpha value is -3.42. The summed E-state index contributed by atoms with van der Waals surface area (Å²) >= 11 is 0. The first kappa shape index (κ1) is 38.6. The van der Waals surface area contributed by atoms with Crippen LogP contribution in [0, 0.1) is 0 Å². The molecule has 242 valence electrons. The van der Waals surface area contributed by atoms with Gasteiger partial charge >= 0.3 is 0 Å². The van der Waals surface area contributed by atoms with Gasteiger partial charge in [-0.05, 0) is 0 Å². The normalized spacial score (nSPS) is 10.7. The summed E-state index contributed by atoms with van der Waals surface area (Å²) in [5.74, 6) is -2.38. The van der Waals surface area contributed by atoms with Gasteiger partial charge in [0.25, 0.3) is 0 Å². The van der Waals surface area contributed by atoms with Crippen molar-refractivity contribution in [2.45, 2.75) is 12.1 Å². The smallest absolute Gasteiger partial charge is 0.246 e. The van der Waals surface area contributed by atoms with Gasteiger partial charge in [0.1, 0.15) is 39.6 Å². The van der Waals surface area contributed by atoms with Crippen LogP contribution in [0.25, 0.3) is 0 Å². The molecule has 0 saturated heterocycles. The van der Waals surface area contributed by atoms with Gasteiger partial charge in [-0.25, -0.2) is 0 Å². The van der Waals surface area contributed by atoms with Crippen molar-refractivity contribution in [3.05, 3.63) is 0 Å². The Morgan fingerprint density at radius 3 is 0.881 bits per heavy atom. The molecule has 6 N–H and O–H groups in total. The van der Waals surface area contributed by atoms with Gasteiger partial charge in [0, 0.05) is 28.2 Å². The van der Waals surface area contributed by atoms with E-state index in [9.17, 15) is 28.8 Å². The number of hydrogen-bond donors (Lipinski definition) is 6. The van der Waals surface area contributed by atoms with Gasteiger partial charge in [0.2, 0.25) is 35.4 Å². The zero-order chi connectivity index (χ0) is 31.6. The summed E-state index contributed by atoms with van der Waals surface area (Å²) in [7, 11) is 5.84. The lowest BCUT2D eigenvalue weighted by molar-refractivity contribution is -0.132. The minimum absolute atomic E-state index is 0.000378. The monoisotopic (exact) mass is 608 g/mol. The summed E-state index contributed by atoms with van der Waals surface area (Å²) < 4.78 is 31.5. The number of ether oxygens (including phenoxy) is 6. The van der Waals surface area contributed by atoms with Crippen molar-refractivity contribution < 1.29 is 57.2 Å². The highest BCUT2D eigenvalue weighted by Crippen LogP contribution is 1.93. The standard InChI is InChI=1S/C24H44N6O12/c1-25-19(31)11-39-7-17(8-40-12-20(32)26-2)29-23(35)15-37-5-6-38-16-24(36)30-18(9-41-13-21(33)27-3)10-42-14-22(34)28-4/h17-18H,5-16H2,1-4H3,(H,25,31)(H,26,32)(H,27,33)(H,28,34)(H,29,35)(H,30,36). The third-order valence-corrected chi connectivity index (χ3v) is 4.89. The lowest BCUT2D eigenvalue weighted by atomic mass is 10.3. The van der Waals surface area contributed by atoms with Crippen LogP contribution in [-0.4, -0.2) is 155 Å². The van der Waals surface area contributed by atoms with Crippen molar-refractivity contribution in [3.63, 3.8) is 0 Å². The van der Waals surface area contributed by atoms with Crippen LogP contribution in [0.1, 0.15) is 0 Å². The van der Waals surface area contributed by atoms with Crippen molar-refractivity contribution in [1.29, 1.82) is 0 Å². The molecule has 0 rings (SSSR count). The predicted molar refractivity (Wildman–Crippen MR) is 145 cm³/mol. The number of nitrogens with one attached hydrogen (secondary N) is 6. The lowest BCUT2D eigenvalue weighted by Crippen LogP contribution is -2.44. The lowest BCUT2D eigenvalue weighted by Gasteiger charge is -2.19. The van der Waals surface area contributed by atoms with Gasteiger partial charge in [-0.1, -0.05) is 0 Å². The van der Waals surface area contributed by atoms with Crippen LogP contribution in [0.3, 0.4) is 0 Å². The fourth-order valence-corrected chi connectivity index (χ4v) is 2.71. The Kier molecular flexibility index (Phi) is 23.2. The van der Waals surface area contributed by atoms with Gasteiger partial charge in [-0.3, -0.25) is 28.8 Å². The number of likely N-dealkylation sites (N-methyl/N-ethyl adjacent to an activating group) is 4. The van der Waals surface area contributed by atoms with E-state index in [1.54, 1.807) is 0 Å². The summed E-state index contributed by atoms with van der Waals surface area (Å²) in [6.07, 6.45) is 0. The maximum absolute atomic E-state index is 12.2. The molecule has 0 aromatic heterocycles. The van der Waals surface area contributed by atoms with E-state index >= 15 is 0 Å². The minimum atomic E-state index is -0.649. The van der Waals surface area contributed by atoms with E-state index in [0.717, 1.165) is 0 Å². The summed E-state index contributed by atoms with van der Waals surface area (Å²) in [4.78, 5) is 69.8. The van der Waals surface area contributed by atoms with Crippen LogP contribution in [0.15, 0.2) is 0 Å². The second kappa shape index (κ2) is 25.3. The fraction of sp³-hybridized carbons (Fsp3) is 0.750. The average molecular weight is 609 g/mol. The summed E-state index contributed by atoms with van der Waals surface area (Å²) in [6.45, 7) is -1.69. The van der Waals surface area contributed by atoms with E-state index in [-0.39, 0.29) is 103 Å². The third kappa shape index (κ3) is 22.3. The zero-order valence-corrected chi connectivity index (χ0v) is 24.5. The number of hydrogen-bond acceptors (Lipinski definition) is 12. The van der Waals surface area contributed by atoms with Crippen molar-refractivity contribution >= 4 is 35.4 Å². The molecule has 42 heavy (non-hydrogen) atoms. The molecule has 0 radical (unpaired) electrons. The Balaban J connectivity index is 4.40. The van der Waals surface area contributed by atoms with Crippen molar-refractivity contribution in [3.8, 4) is 0 Å². The molecule has 0 heterocycles. The summed E-state index contributed by atoms with van der Waals surface area (Å²) in [5.41, 5.74) is 0. The maximum Gasteiger partial charge on any atom is 0.246 e. The molecule has 18 heteroatoms. The fourth-order valence-electron chi connectivity index (χ4n) is 2.71. The molecule has 0 unspecified atom stereocenters. The molecule has 0 spiro atoms. The van der Waals surface area contributed by atoms with E-state index in [4.69, 9.17) is 28.4 Å². The second-order valence-corrected chi connectivity index (χ2v) is 8.39. The van der Waals surface area contributed by atoms with E-state index in [0.29, 0.717) is 0 Å². The highest BCUT2D eigenvalue weighted by molar-refractivity contribution is 5.79. The van der Waals surface area contributed by atoms with E-state index in [2.05, 4.69) is 31.9 Å². The summed E-state index contributed by atoms with van der Waals surface area (Å²) in [5, 5.41) is 14.9. The van der Waals surface area contributed by atoms with Gasteiger partial charge in [-0.15, -0.1) is 0 Å². The zero-order valence-electron chi connectivity index (χ0n) is 24.5. The molecule has 0 aromatic rings. The van der Waals surface area contributed by atoms with Crippen LogP contribution in [0.2, 0.25) is 0 Å². The van der Waals surface area contributed by atoms with Crippen molar-refractivity contribution in [2.75, 3.05) is 107 Å². The third-order valence-electron chi connectivity index (χ3n) is 4.89. The quantitative estimate of drug-likeness (QED) is 0.0536. The van der Waals surface area contributed by atoms with Crippen molar-refractivity contribution in [1.82, 2.24) is 31.9 Å². The molecule has 0 atom stereocenters. The van der Waals surface area contributed by atoms with Gasteiger partial charge in [0.15, 0.2) is 0 Å². The highest BCUT2D eigenvalue weighted by atomic mass is 16.5. The first-order chi connectivity index (χ1) is 20.1. The second-order valence-electron chi connectivity index (χ2n) is 8.39. The Morgan fingerprint density at radius 2 is 0.643 bits per heavy atom. The molecule has 0 bridgehead atoms. The molecule has 18 nitrogen and oxygen atoms in total. The highest BCUT2D eigenvalue weighted by Gasteiger charge is 2.16. The van der Waals surface area contributed by atoms with Crippen LogP contribution >= 0.6 is 0 Å². The molecule has 0 aliphatic carbocycles. The predicted octanol–water partition coefficient (Wildman–Crippen LogP) is -4.96. The van der Waals surface area contributed by atoms with Gasteiger partial charge in [-0.2, -0.15) is 0 Å². The maximum atomic E-state index is 12.2. The number of amides is 6. The molecule has 0 aromatic carbocycles. The Morgan fingerprint density at radius 1 is 0.405 bits per heavy atom. The van der Waals surface area contributed by atoms with E-state index in [1.165, 1.54) is 28.2 Å². The Bertz CT molecular complexity index is 722. The van der Waals surface area contributed by atoms with Crippen LogP contribution in [-0.2, 0) is 57.2 Å². The minimum Gasteiger partial charge on any atom is -0.369 e. The van der Waals surface area contributed by atoms with Crippen molar-refractivity contribution in [2.24, 2.45) is 0 Å². The Labute approximate surface area is 244 Å².